The maximum Gasteiger partial charge on any atom is 0.269 e. The van der Waals surface area contributed by atoms with Crippen LogP contribution in [0, 0.1) is 10.1 Å². The molecular formula is C20H13N5O2. The number of pyridine rings is 2. The highest BCUT2D eigenvalue weighted by Crippen LogP contribution is 2.32. The number of hydrogen-bond acceptors (Lipinski definition) is 6. The maximum absolute atomic E-state index is 10.9. The number of aromatic nitrogens is 4. The van der Waals surface area contributed by atoms with Crippen molar-refractivity contribution in [3.63, 3.8) is 0 Å². The van der Waals surface area contributed by atoms with Gasteiger partial charge in [0.25, 0.3) is 5.69 Å². The first-order chi connectivity index (χ1) is 13.2. The third-order valence-corrected chi connectivity index (χ3v) is 4.02. The number of rotatable bonds is 4. The lowest BCUT2D eigenvalue weighted by atomic mass is 10.0. The minimum absolute atomic E-state index is 0.0325. The number of benzene rings is 1. The van der Waals surface area contributed by atoms with Gasteiger partial charge in [0.05, 0.1) is 16.3 Å². The zero-order chi connectivity index (χ0) is 18.6. The van der Waals surface area contributed by atoms with Crippen molar-refractivity contribution in [2.75, 3.05) is 0 Å². The second-order valence-corrected chi connectivity index (χ2v) is 5.73. The van der Waals surface area contributed by atoms with Crippen molar-refractivity contribution >= 4 is 5.69 Å². The number of nitrogens with zero attached hydrogens (tertiary/aromatic N) is 5. The first kappa shape index (κ1) is 16.5. The molecule has 0 aliphatic rings. The van der Waals surface area contributed by atoms with E-state index in [9.17, 15) is 10.1 Å². The van der Waals surface area contributed by atoms with Crippen LogP contribution in [0.4, 0.5) is 5.69 Å². The van der Waals surface area contributed by atoms with Crippen LogP contribution in [-0.4, -0.2) is 25.1 Å². The molecule has 0 aliphatic heterocycles. The van der Waals surface area contributed by atoms with Crippen LogP contribution < -0.4 is 0 Å². The Balaban J connectivity index is 1.89. The van der Waals surface area contributed by atoms with Crippen molar-refractivity contribution in [3.8, 4) is 33.9 Å². The molecule has 0 aliphatic carbocycles. The minimum Gasteiger partial charge on any atom is -0.258 e. The normalized spacial score (nSPS) is 10.5. The molecule has 0 atom stereocenters. The van der Waals surface area contributed by atoms with E-state index in [0.29, 0.717) is 22.8 Å². The van der Waals surface area contributed by atoms with E-state index in [1.807, 2.05) is 42.5 Å². The number of hydrogen-bond donors (Lipinski definition) is 0. The van der Waals surface area contributed by atoms with Gasteiger partial charge in [0.1, 0.15) is 11.4 Å². The van der Waals surface area contributed by atoms with Crippen molar-refractivity contribution in [2.24, 2.45) is 0 Å². The van der Waals surface area contributed by atoms with Crippen LogP contribution in [0.15, 0.2) is 79.1 Å². The summed E-state index contributed by atoms with van der Waals surface area (Å²) in [6.07, 6.45) is 3.37. The summed E-state index contributed by atoms with van der Waals surface area (Å²) in [6.45, 7) is 0. The lowest BCUT2D eigenvalue weighted by Gasteiger charge is -2.10. The molecule has 0 amide bonds. The lowest BCUT2D eigenvalue weighted by Crippen LogP contribution is -1.98. The van der Waals surface area contributed by atoms with E-state index in [4.69, 9.17) is 0 Å². The first-order valence-corrected chi connectivity index (χ1v) is 8.18. The van der Waals surface area contributed by atoms with E-state index in [2.05, 4.69) is 20.2 Å². The highest BCUT2D eigenvalue weighted by Gasteiger charge is 2.15. The molecule has 4 aromatic rings. The van der Waals surface area contributed by atoms with Gasteiger partial charge in [-0.3, -0.25) is 20.1 Å². The standard InChI is InChI=1S/C20H13N5O2/c26-25(27)15-9-7-14(8-10-15)16-13-19(17-5-1-3-11-21-17)23-24-20(16)18-6-2-4-12-22-18/h1-13H. The summed E-state index contributed by atoms with van der Waals surface area (Å²) in [4.78, 5) is 19.2. The Morgan fingerprint density at radius 3 is 2.00 bits per heavy atom. The molecule has 0 unspecified atom stereocenters. The number of non-ortho nitro benzene ring substituents is 1. The van der Waals surface area contributed by atoms with Gasteiger partial charge in [0, 0.05) is 30.1 Å². The molecule has 0 saturated carbocycles. The molecule has 3 aromatic heterocycles. The van der Waals surface area contributed by atoms with Gasteiger partial charge < -0.3 is 0 Å². The van der Waals surface area contributed by atoms with Crippen LogP contribution in [0.2, 0.25) is 0 Å². The van der Waals surface area contributed by atoms with Gasteiger partial charge in [-0.1, -0.05) is 12.1 Å². The molecule has 7 heteroatoms. The largest absolute Gasteiger partial charge is 0.269 e. The van der Waals surface area contributed by atoms with E-state index >= 15 is 0 Å². The molecule has 3 heterocycles. The average Bonchev–Trinajstić information content (AvgIpc) is 2.74. The van der Waals surface area contributed by atoms with E-state index in [-0.39, 0.29) is 5.69 Å². The van der Waals surface area contributed by atoms with Crippen LogP contribution in [-0.2, 0) is 0 Å². The Kier molecular flexibility index (Phi) is 4.32. The first-order valence-electron chi connectivity index (χ1n) is 8.18. The fraction of sp³-hybridized carbons (Fsp3) is 0. The summed E-state index contributed by atoms with van der Waals surface area (Å²) < 4.78 is 0. The van der Waals surface area contributed by atoms with E-state index in [1.165, 1.54) is 12.1 Å². The number of nitro benzene ring substituents is 1. The molecule has 27 heavy (non-hydrogen) atoms. The SMILES string of the molecule is O=[N+]([O-])c1ccc(-c2cc(-c3ccccn3)nnc2-c2ccccn2)cc1. The van der Waals surface area contributed by atoms with Crippen molar-refractivity contribution in [3.05, 3.63) is 89.2 Å². The van der Waals surface area contributed by atoms with Crippen molar-refractivity contribution in [1.82, 2.24) is 20.2 Å². The molecule has 4 rings (SSSR count). The van der Waals surface area contributed by atoms with Gasteiger partial charge in [-0.2, -0.15) is 0 Å². The third kappa shape index (κ3) is 3.38. The van der Waals surface area contributed by atoms with Crippen molar-refractivity contribution < 1.29 is 4.92 Å². The Morgan fingerprint density at radius 1 is 0.741 bits per heavy atom. The highest BCUT2D eigenvalue weighted by atomic mass is 16.6. The zero-order valence-corrected chi connectivity index (χ0v) is 14.1. The molecule has 1 aromatic carbocycles. The van der Waals surface area contributed by atoms with Gasteiger partial charge >= 0.3 is 0 Å². The second-order valence-electron chi connectivity index (χ2n) is 5.73. The molecule has 0 saturated heterocycles. The minimum atomic E-state index is -0.423. The quantitative estimate of drug-likeness (QED) is 0.403. The van der Waals surface area contributed by atoms with Crippen LogP contribution in [0.5, 0.6) is 0 Å². The van der Waals surface area contributed by atoms with Gasteiger partial charge in [-0.05, 0) is 48.0 Å². The third-order valence-electron chi connectivity index (χ3n) is 4.02. The van der Waals surface area contributed by atoms with Crippen LogP contribution in [0.1, 0.15) is 0 Å². The molecule has 0 fully saturated rings. The zero-order valence-electron chi connectivity index (χ0n) is 14.1. The summed E-state index contributed by atoms with van der Waals surface area (Å²) in [7, 11) is 0. The Hall–Kier alpha value is -4.00. The van der Waals surface area contributed by atoms with Gasteiger partial charge in [-0.25, -0.2) is 0 Å². The highest BCUT2D eigenvalue weighted by molar-refractivity contribution is 5.81. The van der Waals surface area contributed by atoms with E-state index in [1.54, 1.807) is 24.5 Å². The van der Waals surface area contributed by atoms with Crippen LogP contribution >= 0.6 is 0 Å². The van der Waals surface area contributed by atoms with E-state index < -0.39 is 4.92 Å². The summed E-state index contributed by atoms with van der Waals surface area (Å²) in [6, 6.07) is 19.3. The van der Waals surface area contributed by atoms with Gasteiger partial charge in [0.2, 0.25) is 0 Å². The van der Waals surface area contributed by atoms with Crippen molar-refractivity contribution in [2.45, 2.75) is 0 Å². The summed E-state index contributed by atoms with van der Waals surface area (Å²) >= 11 is 0. The van der Waals surface area contributed by atoms with E-state index in [0.717, 1.165) is 11.1 Å². The van der Waals surface area contributed by atoms with Gasteiger partial charge in [-0.15, -0.1) is 10.2 Å². The second kappa shape index (κ2) is 7.09. The average molecular weight is 355 g/mol. The topological polar surface area (TPSA) is 94.7 Å². The molecule has 0 spiro atoms. The molecule has 7 nitrogen and oxygen atoms in total. The Bertz CT molecular complexity index is 1080. The summed E-state index contributed by atoms with van der Waals surface area (Å²) in [5.41, 5.74) is 4.18. The van der Waals surface area contributed by atoms with Crippen LogP contribution in [0.25, 0.3) is 33.9 Å². The Morgan fingerprint density at radius 2 is 1.41 bits per heavy atom. The predicted octanol–water partition coefficient (Wildman–Crippen LogP) is 4.18. The molecule has 0 N–H and O–H groups in total. The maximum atomic E-state index is 10.9. The Labute approximate surface area is 154 Å². The monoisotopic (exact) mass is 355 g/mol. The summed E-state index contributed by atoms with van der Waals surface area (Å²) in [5.74, 6) is 0. The molecule has 0 bridgehead atoms. The molecule has 130 valence electrons. The lowest BCUT2D eigenvalue weighted by molar-refractivity contribution is -0.384. The fourth-order valence-electron chi connectivity index (χ4n) is 2.71. The number of nitro groups is 1. The van der Waals surface area contributed by atoms with Crippen molar-refractivity contribution in [1.29, 1.82) is 0 Å². The summed E-state index contributed by atoms with van der Waals surface area (Å²) in [5, 5.41) is 19.6. The smallest absolute Gasteiger partial charge is 0.258 e. The molecule has 0 radical (unpaired) electrons. The van der Waals surface area contributed by atoms with Crippen LogP contribution in [0.3, 0.4) is 0 Å². The predicted molar refractivity (Wildman–Crippen MR) is 101 cm³/mol. The fourth-order valence-corrected chi connectivity index (χ4v) is 2.71. The van der Waals surface area contributed by atoms with Gasteiger partial charge in [0.15, 0.2) is 0 Å². The molecular weight excluding hydrogens is 342 g/mol.